The second-order valence-corrected chi connectivity index (χ2v) is 4.53. The molecule has 3 nitrogen and oxygen atoms in total. The van der Waals surface area contributed by atoms with E-state index in [9.17, 15) is 13.2 Å². The van der Waals surface area contributed by atoms with Crippen LogP contribution in [0.15, 0.2) is 18.2 Å². The van der Waals surface area contributed by atoms with Crippen LogP contribution in [0.2, 0.25) is 0 Å². The molecule has 19 heavy (non-hydrogen) atoms. The van der Waals surface area contributed by atoms with E-state index in [4.69, 9.17) is 5.26 Å². The Kier molecular flexibility index (Phi) is 3.96. The van der Waals surface area contributed by atoms with Crippen molar-refractivity contribution < 1.29 is 13.2 Å². The summed E-state index contributed by atoms with van der Waals surface area (Å²) in [6.07, 6.45) is -1.28. The van der Waals surface area contributed by atoms with Gasteiger partial charge in [-0.25, -0.2) is 5.01 Å². The summed E-state index contributed by atoms with van der Waals surface area (Å²) in [5, 5.41) is 10.6. The highest BCUT2D eigenvalue weighted by molar-refractivity contribution is 5.52. The van der Waals surface area contributed by atoms with Crippen LogP contribution in [0.5, 0.6) is 0 Å². The number of alkyl halides is 3. The zero-order valence-corrected chi connectivity index (χ0v) is 10.3. The van der Waals surface area contributed by atoms with Crippen molar-refractivity contribution in [3.63, 3.8) is 0 Å². The number of benzene rings is 1. The zero-order valence-electron chi connectivity index (χ0n) is 10.3. The summed E-state index contributed by atoms with van der Waals surface area (Å²) in [5.74, 6) is 0. The Labute approximate surface area is 109 Å². The van der Waals surface area contributed by atoms with Gasteiger partial charge in [0.15, 0.2) is 0 Å². The van der Waals surface area contributed by atoms with Crippen LogP contribution in [-0.4, -0.2) is 18.1 Å². The molecule has 1 fully saturated rings. The largest absolute Gasteiger partial charge is 0.417 e. The first-order chi connectivity index (χ1) is 9.00. The Balaban J connectivity index is 2.20. The lowest BCUT2D eigenvalue weighted by Gasteiger charge is -2.28. The summed E-state index contributed by atoms with van der Waals surface area (Å²) in [7, 11) is 0. The summed E-state index contributed by atoms with van der Waals surface area (Å²) in [4.78, 5) is 0. The number of piperidine rings is 1. The van der Waals surface area contributed by atoms with Gasteiger partial charge in [0.05, 0.1) is 17.2 Å². The first kappa shape index (κ1) is 13.7. The van der Waals surface area contributed by atoms with Crippen LogP contribution in [0.3, 0.4) is 0 Å². The number of nitriles is 1. The van der Waals surface area contributed by atoms with Crippen LogP contribution in [0.1, 0.15) is 30.4 Å². The zero-order chi connectivity index (χ0) is 13.9. The highest BCUT2D eigenvalue weighted by atomic mass is 19.4. The predicted octanol–water partition coefficient (Wildman–Crippen LogP) is 3.39. The average molecular weight is 269 g/mol. The number of rotatable bonds is 2. The monoisotopic (exact) mass is 269 g/mol. The number of anilines is 1. The molecule has 1 heterocycles. The van der Waals surface area contributed by atoms with Crippen LogP contribution in [0, 0.1) is 11.3 Å². The van der Waals surface area contributed by atoms with Crippen LogP contribution in [-0.2, 0) is 6.18 Å². The van der Waals surface area contributed by atoms with Gasteiger partial charge < -0.3 is 5.43 Å². The minimum absolute atomic E-state index is 0.350. The van der Waals surface area contributed by atoms with Gasteiger partial charge in [-0.15, -0.1) is 0 Å². The minimum atomic E-state index is -4.51. The highest BCUT2D eigenvalue weighted by Gasteiger charge is 2.33. The summed E-state index contributed by atoms with van der Waals surface area (Å²) < 4.78 is 38.4. The normalized spacial score (nSPS) is 16.9. The van der Waals surface area contributed by atoms with Gasteiger partial charge in [-0.05, 0) is 31.0 Å². The molecule has 1 aliphatic rings. The third-order valence-corrected chi connectivity index (χ3v) is 3.09. The lowest BCUT2D eigenvalue weighted by Crippen LogP contribution is -2.34. The summed E-state index contributed by atoms with van der Waals surface area (Å²) in [5.41, 5.74) is 2.10. The number of nitrogens with one attached hydrogen (secondary N) is 1. The molecule has 102 valence electrons. The Hall–Kier alpha value is -1.74. The van der Waals surface area contributed by atoms with E-state index in [2.05, 4.69) is 5.43 Å². The van der Waals surface area contributed by atoms with Gasteiger partial charge in [-0.1, -0.05) is 6.42 Å². The van der Waals surface area contributed by atoms with Gasteiger partial charge in [0, 0.05) is 18.8 Å². The first-order valence-corrected chi connectivity index (χ1v) is 6.13. The van der Waals surface area contributed by atoms with E-state index in [-0.39, 0.29) is 5.56 Å². The molecule has 1 N–H and O–H groups in total. The molecule has 0 amide bonds. The van der Waals surface area contributed by atoms with E-state index in [0.29, 0.717) is 5.69 Å². The van der Waals surface area contributed by atoms with E-state index in [1.165, 1.54) is 12.1 Å². The molecule has 1 saturated heterocycles. The first-order valence-electron chi connectivity index (χ1n) is 6.13. The Morgan fingerprint density at radius 3 is 2.42 bits per heavy atom. The molecule has 0 radical (unpaired) electrons. The van der Waals surface area contributed by atoms with Crippen molar-refractivity contribution in [2.24, 2.45) is 0 Å². The predicted molar refractivity (Wildman–Crippen MR) is 65.2 cm³/mol. The van der Waals surface area contributed by atoms with E-state index in [1.54, 1.807) is 6.07 Å². The van der Waals surface area contributed by atoms with Crippen LogP contribution in [0.25, 0.3) is 0 Å². The maximum absolute atomic E-state index is 12.8. The lowest BCUT2D eigenvalue weighted by atomic mass is 10.1. The minimum Gasteiger partial charge on any atom is -0.319 e. The molecule has 1 aliphatic heterocycles. The molecule has 0 saturated carbocycles. The number of hydrogen-bond acceptors (Lipinski definition) is 3. The van der Waals surface area contributed by atoms with Crippen molar-refractivity contribution in [3.8, 4) is 6.07 Å². The van der Waals surface area contributed by atoms with E-state index in [0.717, 1.165) is 38.4 Å². The number of halogens is 3. The second kappa shape index (κ2) is 5.49. The number of hydrazine groups is 1. The maximum Gasteiger partial charge on any atom is 0.417 e. The van der Waals surface area contributed by atoms with Gasteiger partial charge in [0.1, 0.15) is 0 Å². The topological polar surface area (TPSA) is 39.1 Å². The Bertz CT molecular complexity index is 485. The Morgan fingerprint density at radius 1 is 1.16 bits per heavy atom. The van der Waals surface area contributed by atoms with Crippen LogP contribution >= 0.6 is 0 Å². The molecular weight excluding hydrogens is 255 g/mol. The summed E-state index contributed by atoms with van der Waals surface area (Å²) in [6, 6.07) is 5.27. The fourth-order valence-electron chi connectivity index (χ4n) is 2.13. The molecule has 1 aromatic carbocycles. The van der Waals surface area contributed by atoms with Gasteiger partial charge >= 0.3 is 6.18 Å². The molecule has 0 atom stereocenters. The van der Waals surface area contributed by atoms with Crippen molar-refractivity contribution in [3.05, 3.63) is 29.3 Å². The highest BCUT2D eigenvalue weighted by Crippen LogP contribution is 2.33. The van der Waals surface area contributed by atoms with Crippen molar-refractivity contribution in [2.45, 2.75) is 25.4 Å². The van der Waals surface area contributed by atoms with Crippen molar-refractivity contribution in [1.29, 1.82) is 5.26 Å². The average Bonchev–Trinajstić information content (AvgIpc) is 2.39. The fourth-order valence-corrected chi connectivity index (χ4v) is 2.13. The third kappa shape index (κ3) is 3.38. The standard InChI is InChI=1S/C13H14F3N3/c14-13(15,16)12-8-11(5-4-10(12)9-17)18-19-6-2-1-3-7-19/h4-5,8,18H,1-3,6-7H2. The molecule has 0 spiro atoms. The van der Waals surface area contributed by atoms with Crippen LogP contribution in [0.4, 0.5) is 18.9 Å². The lowest BCUT2D eigenvalue weighted by molar-refractivity contribution is -0.137. The molecule has 6 heteroatoms. The smallest absolute Gasteiger partial charge is 0.319 e. The van der Waals surface area contributed by atoms with Gasteiger partial charge in [-0.2, -0.15) is 18.4 Å². The van der Waals surface area contributed by atoms with Crippen molar-refractivity contribution in [2.75, 3.05) is 18.5 Å². The molecule has 0 aliphatic carbocycles. The SMILES string of the molecule is N#Cc1ccc(NN2CCCCC2)cc1C(F)(F)F. The quantitative estimate of drug-likeness (QED) is 0.894. The molecule has 1 aromatic rings. The number of nitrogens with zero attached hydrogens (tertiary/aromatic N) is 2. The van der Waals surface area contributed by atoms with E-state index in [1.807, 2.05) is 5.01 Å². The van der Waals surface area contributed by atoms with E-state index < -0.39 is 11.7 Å². The maximum atomic E-state index is 12.8. The molecule has 2 rings (SSSR count). The van der Waals surface area contributed by atoms with Crippen molar-refractivity contribution >= 4 is 5.69 Å². The summed E-state index contributed by atoms with van der Waals surface area (Å²) in [6.45, 7) is 1.64. The van der Waals surface area contributed by atoms with E-state index >= 15 is 0 Å². The number of hydrogen-bond donors (Lipinski definition) is 1. The van der Waals surface area contributed by atoms with Gasteiger partial charge in [0.2, 0.25) is 0 Å². The second-order valence-electron chi connectivity index (χ2n) is 4.53. The third-order valence-electron chi connectivity index (χ3n) is 3.09. The molecule has 0 aromatic heterocycles. The molecular formula is C13H14F3N3. The van der Waals surface area contributed by atoms with Gasteiger partial charge in [0.25, 0.3) is 0 Å². The van der Waals surface area contributed by atoms with Gasteiger partial charge in [-0.3, -0.25) is 0 Å². The molecule has 0 unspecified atom stereocenters. The molecule has 0 bridgehead atoms. The van der Waals surface area contributed by atoms with Crippen LogP contribution < -0.4 is 5.43 Å². The fraction of sp³-hybridized carbons (Fsp3) is 0.462. The summed E-state index contributed by atoms with van der Waals surface area (Å²) >= 11 is 0. The van der Waals surface area contributed by atoms with Crippen molar-refractivity contribution in [1.82, 2.24) is 5.01 Å². The Morgan fingerprint density at radius 2 is 1.84 bits per heavy atom.